The molecule has 186 valence electrons. The Balaban J connectivity index is 1.98. The van der Waals surface area contributed by atoms with Crippen LogP contribution in [0.3, 0.4) is 0 Å². The number of hydrogen-bond donors (Lipinski definition) is 1. The van der Waals surface area contributed by atoms with Gasteiger partial charge in [0.05, 0.1) is 19.1 Å². The van der Waals surface area contributed by atoms with E-state index in [1.54, 1.807) is 45.2 Å². The van der Waals surface area contributed by atoms with Gasteiger partial charge in [-0.15, -0.1) is 0 Å². The van der Waals surface area contributed by atoms with Crippen molar-refractivity contribution < 1.29 is 22.7 Å². The number of anilines is 1. The molecule has 3 aromatic carbocycles. The van der Waals surface area contributed by atoms with Gasteiger partial charge >= 0.3 is 0 Å². The first-order valence-electron chi connectivity index (χ1n) is 11.3. The summed E-state index contributed by atoms with van der Waals surface area (Å²) in [5.74, 6) is -0.133. The Hall–Kier alpha value is -3.59. The second kappa shape index (κ2) is 11.2. The molecule has 9 heteroatoms. The van der Waals surface area contributed by atoms with Crippen LogP contribution in [0, 0.1) is 0 Å². The topological polar surface area (TPSA) is 96.0 Å². The van der Waals surface area contributed by atoms with Gasteiger partial charge in [-0.2, -0.15) is 0 Å². The van der Waals surface area contributed by atoms with E-state index >= 15 is 0 Å². The molecule has 1 unspecified atom stereocenters. The number of amides is 2. The molecule has 0 heterocycles. The number of carbonyl (C=O) groups excluding carboxylic acids is 2. The number of methoxy groups -OCH3 is 1. The van der Waals surface area contributed by atoms with Gasteiger partial charge < -0.3 is 15.0 Å². The number of nitrogens with zero attached hydrogens (tertiary/aromatic N) is 2. The summed E-state index contributed by atoms with van der Waals surface area (Å²) in [5, 5.41) is 4.31. The van der Waals surface area contributed by atoms with Crippen molar-refractivity contribution in [2.75, 3.05) is 30.8 Å². The van der Waals surface area contributed by atoms with Crippen molar-refractivity contribution in [3.05, 3.63) is 72.3 Å². The molecule has 1 atom stereocenters. The summed E-state index contributed by atoms with van der Waals surface area (Å²) >= 11 is 0. The highest BCUT2D eigenvalue weighted by Crippen LogP contribution is 2.28. The lowest BCUT2D eigenvalue weighted by molar-refractivity contribution is -0.139. The van der Waals surface area contributed by atoms with Crippen molar-refractivity contribution in [1.82, 2.24) is 10.2 Å². The Morgan fingerprint density at radius 2 is 1.66 bits per heavy atom. The second-order valence-electron chi connectivity index (χ2n) is 8.21. The van der Waals surface area contributed by atoms with Crippen LogP contribution in [0.5, 0.6) is 5.75 Å². The Bertz CT molecular complexity index is 1290. The van der Waals surface area contributed by atoms with Crippen molar-refractivity contribution in [2.24, 2.45) is 0 Å². The van der Waals surface area contributed by atoms with Crippen molar-refractivity contribution in [1.29, 1.82) is 0 Å². The monoisotopic (exact) mass is 497 g/mol. The summed E-state index contributed by atoms with van der Waals surface area (Å²) in [5.41, 5.74) is 1.19. The van der Waals surface area contributed by atoms with Crippen molar-refractivity contribution in [2.45, 2.75) is 26.4 Å². The van der Waals surface area contributed by atoms with Crippen LogP contribution < -0.4 is 14.4 Å². The molecule has 0 saturated carbocycles. The Morgan fingerprint density at radius 1 is 1.00 bits per heavy atom. The predicted molar refractivity (Wildman–Crippen MR) is 138 cm³/mol. The fraction of sp³-hybridized carbons (Fsp3) is 0.308. The number of likely N-dealkylation sites (N-methyl/N-ethyl adjacent to an activating group) is 1. The molecule has 0 bridgehead atoms. The molecule has 3 rings (SSSR count). The van der Waals surface area contributed by atoms with Gasteiger partial charge in [-0.05, 0) is 43.0 Å². The van der Waals surface area contributed by atoms with E-state index in [2.05, 4.69) is 5.32 Å². The standard InChI is InChI=1S/C26H31N3O5S/c1-5-27-26(31)19(2)28(17-20-13-15-22(34-3)16-14-20)25(30)18-29(35(4,32)33)24-12-8-10-21-9-6-7-11-23(21)24/h6-16,19H,5,17-18H2,1-4H3,(H,27,31). The third-order valence-electron chi connectivity index (χ3n) is 5.74. The van der Waals surface area contributed by atoms with Gasteiger partial charge in [0.1, 0.15) is 18.3 Å². The van der Waals surface area contributed by atoms with E-state index < -0.39 is 28.5 Å². The fourth-order valence-electron chi connectivity index (χ4n) is 3.85. The van der Waals surface area contributed by atoms with Crippen molar-refractivity contribution in [3.63, 3.8) is 0 Å². The molecule has 0 aliphatic heterocycles. The molecule has 3 aromatic rings. The number of fused-ring (bicyclic) bond motifs is 1. The molecule has 1 N–H and O–H groups in total. The smallest absolute Gasteiger partial charge is 0.244 e. The summed E-state index contributed by atoms with van der Waals surface area (Å²) in [6.45, 7) is 3.54. The van der Waals surface area contributed by atoms with Gasteiger partial charge in [0.25, 0.3) is 0 Å². The van der Waals surface area contributed by atoms with Crippen molar-refractivity contribution >= 4 is 38.3 Å². The molecular weight excluding hydrogens is 466 g/mol. The van der Waals surface area contributed by atoms with Gasteiger partial charge in [0.15, 0.2) is 0 Å². The highest BCUT2D eigenvalue weighted by atomic mass is 32.2. The molecule has 0 spiro atoms. The maximum Gasteiger partial charge on any atom is 0.244 e. The second-order valence-corrected chi connectivity index (χ2v) is 10.1. The SMILES string of the molecule is CCNC(=O)C(C)N(Cc1ccc(OC)cc1)C(=O)CN(c1cccc2ccccc12)S(C)(=O)=O. The first kappa shape index (κ1) is 26.0. The molecule has 2 amide bonds. The van der Waals surface area contributed by atoms with E-state index in [1.165, 1.54) is 4.90 Å². The van der Waals surface area contributed by atoms with Crippen LogP contribution in [0.4, 0.5) is 5.69 Å². The molecule has 0 radical (unpaired) electrons. The number of hydrogen-bond acceptors (Lipinski definition) is 5. The lowest BCUT2D eigenvalue weighted by Crippen LogP contribution is -2.51. The molecule has 0 saturated heterocycles. The Morgan fingerprint density at radius 3 is 2.29 bits per heavy atom. The molecule has 0 fully saturated rings. The number of benzene rings is 3. The van der Waals surface area contributed by atoms with Gasteiger partial charge in [-0.3, -0.25) is 13.9 Å². The zero-order chi connectivity index (χ0) is 25.6. The maximum atomic E-state index is 13.6. The third kappa shape index (κ3) is 6.30. The van der Waals surface area contributed by atoms with Gasteiger partial charge in [-0.1, -0.05) is 48.5 Å². The zero-order valence-electron chi connectivity index (χ0n) is 20.4. The zero-order valence-corrected chi connectivity index (χ0v) is 21.2. The number of nitrogens with one attached hydrogen (secondary N) is 1. The molecule has 0 aliphatic rings. The van der Waals surface area contributed by atoms with Gasteiger partial charge in [-0.25, -0.2) is 8.42 Å². The summed E-state index contributed by atoms with van der Waals surface area (Å²) in [7, 11) is -2.24. The van der Waals surface area contributed by atoms with E-state index in [0.717, 1.165) is 21.5 Å². The van der Waals surface area contributed by atoms with E-state index in [9.17, 15) is 18.0 Å². The molecule has 35 heavy (non-hydrogen) atoms. The highest BCUT2D eigenvalue weighted by molar-refractivity contribution is 7.92. The molecule has 0 aromatic heterocycles. The van der Waals surface area contributed by atoms with Crippen molar-refractivity contribution in [3.8, 4) is 5.75 Å². The quantitative estimate of drug-likeness (QED) is 0.464. The molecular formula is C26H31N3O5S. The van der Waals surface area contributed by atoms with E-state index in [0.29, 0.717) is 23.4 Å². The van der Waals surface area contributed by atoms with Crippen LogP contribution in [-0.4, -0.2) is 57.6 Å². The van der Waals surface area contributed by atoms with Gasteiger partial charge in [0, 0.05) is 18.5 Å². The van der Waals surface area contributed by atoms with Crippen LogP contribution in [0.25, 0.3) is 10.8 Å². The summed E-state index contributed by atoms with van der Waals surface area (Å²) < 4.78 is 32.0. The van der Waals surface area contributed by atoms with Gasteiger partial charge in [0.2, 0.25) is 21.8 Å². The summed E-state index contributed by atoms with van der Waals surface area (Å²) in [6.07, 6.45) is 1.07. The fourth-order valence-corrected chi connectivity index (χ4v) is 4.71. The third-order valence-corrected chi connectivity index (χ3v) is 6.87. The van der Waals surface area contributed by atoms with E-state index in [4.69, 9.17) is 4.74 Å². The largest absolute Gasteiger partial charge is 0.497 e. The first-order chi connectivity index (χ1) is 16.7. The predicted octanol–water partition coefficient (Wildman–Crippen LogP) is 3.17. The number of sulfonamides is 1. The minimum absolute atomic E-state index is 0.133. The average molecular weight is 498 g/mol. The normalized spacial score (nSPS) is 12.1. The maximum absolute atomic E-state index is 13.6. The number of ether oxygens (including phenoxy) is 1. The molecule has 0 aliphatic carbocycles. The lowest BCUT2D eigenvalue weighted by atomic mass is 10.1. The van der Waals surface area contributed by atoms with Crippen LogP contribution in [-0.2, 0) is 26.2 Å². The summed E-state index contributed by atoms with van der Waals surface area (Å²) in [4.78, 5) is 27.7. The minimum atomic E-state index is -3.81. The Labute approximate surface area is 206 Å². The van der Waals surface area contributed by atoms with E-state index in [1.807, 2.05) is 42.5 Å². The highest BCUT2D eigenvalue weighted by Gasteiger charge is 2.30. The average Bonchev–Trinajstić information content (AvgIpc) is 2.85. The van der Waals surface area contributed by atoms with Crippen LogP contribution in [0.15, 0.2) is 66.7 Å². The number of carbonyl (C=O) groups is 2. The molecule has 8 nitrogen and oxygen atoms in total. The number of rotatable bonds is 10. The van der Waals surface area contributed by atoms with E-state index in [-0.39, 0.29) is 12.5 Å². The summed E-state index contributed by atoms with van der Waals surface area (Å²) in [6, 6.07) is 19.1. The van der Waals surface area contributed by atoms with Crippen LogP contribution in [0.2, 0.25) is 0 Å². The minimum Gasteiger partial charge on any atom is -0.497 e. The van der Waals surface area contributed by atoms with Crippen LogP contribution >= 0.6 is 0 Å². The first-order valence-corrected chi connectivity index (χ1v) is 13.2. The van der Waals surface area contributed by atoms with Crippen LogP contribution in [0.1, 0.15) is 19.4 Å². The Kier molecular flexibility index (Phi) is 8.34. The lowest BCUT2D eigenvalue weighted by Gasteiger charge is -2.31.